The molecule has 108 valence electrons. The number of halogens is 3. The van der Waals surface area contributed by atoms with Gasteiger partial charge in [0.25, 0.3) is 0 Å². The summed E-state index contributed by atoms with van der Waals surface area (Å²) in [4.78, 5) is 13.2. The Labute approximate surface area is 114 Å². The summed E-state index contributed by atoms with van der Waals surface area (Å²) in [7, 11) is 0. The van der Waals surface area contributed by atoms with Crippen molar-refractivity contribution < 1.29 is 18.0 Å². The van der Waals surface area contributed by atoms with Crippen LogP contribution in [0.2, 0.25) is 0 Å². The number of nitrogens with zero attached hydrogens (tertiary/aromatic N) is 1. The number of aryl methyl sites for hydroxylation is 1. The molecule has 1 aliphatic heterocycles. The molecule has 1 aromatic carbocycles. The number of rotatable bonds is 2. The molecule has 1 unspecified atom stereocenters. The second kappa shape index (κ2) is 4.22. The van der Waals surface area contributed by atoms with Gasteiger partial charge < -0.3 is 4.90 Å². The molecule has 1 spiro atoms. The van der Waals surface area contributed by atoms with Crippen LogP contribution in [-0.2, 0) is 4.79 Å². The second-order valence-corrected chi connectivity index (χ2v) is 5.53. The molecule has 3 rings (SSSR count). The molecule has 1 aromatic rings. The van der Waals surface area contributed by atoms with E-state index in [1.54, 1.807) is 12.1 Å². The van der Waals surface area contributed by atoms with Crippen molar-refractivity contribution in [3.63, 3.8) is 0 Å². The van der Waals surface area contributed by atoms with Gasteiger partial charge in [0.15, 0.2) is 0 Å². The van der Waals surface area contributed by atoms with Gasteiger partial charge in [-0.1, -0.05) is 24.3 Å². The molecule has 1 N–H and O–H groups in total. The van der Waals surface area contributed by atoms with Gasteiger partial charge in [0.1, 0.15) is 18.2 Å². The van der Waals surface area contributed by atoms with E-state index in [0.717, 1.165) is 16.0 Å². The van der Waals surface area contributed by atoms with E-state index in [1.807, 2.05) is 19.1 Å². The van der Waals surface area contributed by atoms with E-state index in [1.165, 1.54) is 0 Å². The Morgan fingerprint density at radius 1 is 1.35 bits per heavy atom. The van der Waals surface area contributed by atoms with Gasteiger partial charge in [-0.3, -0.25) is 10.1 Å². The highest BCUT2D eigenvalue weighted by atomic mass is 19.4. The summed E-state index contributed by atoms with van der Waals surface area (Å²) in [5.74, 6) is -0.428. The largest absolute Gasteiger partial charge is 0.406 e. The Balaban J connectivity index is 1.96. The van der Waals surface area contributed by atoms with Crippen molar-refractivity contribution in [2.24, 2.45) is 0 Å². The van der Waals surface area contributed by atoms with Crippen molar-refractivity contribution in [3.8, 4) is 0 Å². The summed E-state index contributed by atoms with van der Waals surface area (Å²) in [5, 5.41) is 3.10. The summed E-state index contributed by atoms with van der Waals surface area (Å²) in [6, 6.07) is 7.21. The number of benzene rings is 1. The maximum atomic E-state index is 12.7. The minimum absolute atomic E-state index is 0.428. The fraction of sp³-hybridized carbons (Fsp3) is 0.500. The summed E-state index contributed by atoms with van der Waals surface area (Å²) < 4.78 is 38.2. The molecule has 2 fully saturated rings. The number of amides is 1. The summed E-state index contributed by atoms with van der Waals surface area (Å²) in [6.45, 7) is 0.630. The first-order valence-electron chi connectivity index (χ1n) is 6.53. The summed E-state index contributed by atoms with van der Waals surface area (Å²) >= 11 is 0. The standard InChI is InChI=1S/C14H15F3N2O/c1-9-4-2-3-5-10(9)11-18-13(6-7-13)12(20)19(11)8-14(15,16)17/h2-5,11,18H,6-8H2,1H3. The van der Waals surface area contributed by atoms with Gasteiger partial charge in [-0.2, -0.15) is 13.2 Å². The smallest absolute Gasteiger partial charge is 0.312 e. The number of hydrogen-bond acceptors (Lipinski definition) is 2. The molecular formula is C14H15F3N2O. The molecule has 1 atom stereocenters. The normalized spacial score (nSPS) is 24.5. The molecule has 0 radical (unpaired) electrons. The van der Waals surface area contributed by atoms with Gasteiger partial charge in [-0.15, -0.1) is 0 Å². The zero-order chi connectivity index (χ0) is 14.5. The van der Waals surface area contributed by atoms with Crippen LogP contribution < -0.4 is 5.32 Å². The first-order chi connectivity index (χ1) is 9.32. The highest BCUT2D eigenvalue weighted by Gasteiger charge is 2.60. The lowest BCUT2D eigenvalue weighted by Gasteiger charge is -2.26. The third-order valence-electron chi connectivity index (χ3n) is 3.98. The van der Waals surface area contributed by atoms with Crippen LogP contribution in [0, 0.1) is 6.92 Å². The van der Waals surface area contributed by atoms with Gasteiger partial charge in [0.2, 0.25) is 5.91 Å². The highest BCUT2D eigenvalue weighted by Crippen LogP contribution is 2.47. The third kappa shape index (κ3) is 2.18. The van der Waals surface area contributed by atoms with Crippen molar-refractivity contribution in [2.45, 2.75) is 37.6 Å². The second-order valence-electron chi connectivity index (χ2n) is 5.53. The summed E-state index contributed by atoms with van der Waals surface area (Å²) in [5.41, 5.74) is 0.856. The van der Waals surface area contributed by atoms with Crippen LogP contribution in [0.1, 0.15) is 30.1 Å². The molecule has 0 aromatic heterocycles. The van der Waals surface area contributed by atoms with Crippen molar-refractivity contribution in [3.05, 3.63) is 35.4 Å². The Morgan fingerprint density at radius 3 is 2.55 bits per heavy atom. The average Bonchev–Trinajstić information content (AvgIpc) is 3.09. The van der Waals surface area contributed by atoms with Gasteiger partial charge in [0, 0.05) is 0 Å². The summed E-state index contributed by atoms with van der Waals surface area (Å²) in [6.07, 6.45) is -3.85. The van der Waals surface area contributed by atoms with E-state index in [-0.39, 0.29) is 0 Å². The lowest BCUT2D eigenvalue weighted by atomic mass is 10.1. The molecule has 6 heteroatoms. The number of hydrogen-bond donors (Lipinski definition) is 1. The lowest BCUT2D eigenvalue weighted by molar-refractivity contribution is -0.162. The van der Waals surface area contributed by atoms with Gasteiger partial charge >= 0.3 is 6.18 Å². The fourth-order valence-corrected chi connectivity index (χ4v) is 2.77. The van der Waals surface area contributed by atoms with Crippen molar-refractivity contribution in [2.75, 3.05) is 6.54 Å². The molecule has 1 aliphatic carbocycles. The first-order valence-corrected chi connectivity index (χ1v) is 6.53. The van der Waals surface area contributed by atoms with Crippen LogP contribution in [0.3, 0.4) is 0 Å². The topological polar surface area (TPSA) is 32.3 Å². The Morgan fingerprint density at radius 2 is 2.00 bits per heavy atom. The van der Waals surface area contributed by atoms with Crippen LogP contribution >= 0.6 is 0 Å². The Hall–Kier alpha value is -1.56. The maximum Gasteiger partial charge on any atom is 0.406 e. The molecule has 3 nitrogen and oxygen atoms in total. The molecule has 1 saturated carbocycles. The van der Waals surface area contributed by atoms with Crippen LogP contribution in [0.25, 0.3) is 0 Å². The predicted molar refractivity (Wildman–Crippen MR) is 66.8 cm³/mol. The number of nitrogens with one attached hydrogen (secondary N) is 1. The molecular weight excluding hydrogens is 269 g/mol. The highest BCUT2D eigenvalue weighted by molar-refractivity contribution is 5.92. The SMILES string of the molecule is Cc1ccccc1C1NC2(CC2)C(=O)N1CC(F)(F)F. The first kappa shape index (κ1) is 13.4. The van der Waals surface area contributed by atoms with Crippen molar-refractivity contribution in [1.29, 1.82) is 0 Å². The van der Waals surface area contributed by atoms with Gasteiger partial charge in [-0.05, 0) is 30.9 Å². The molecule has 1 saturated heterocycles. The van der Waals surface area contributed by atoms with Crippen molar-refractivity contribution in [1.82, 2.24) is 10.2 Å². The predicted octanol–water partition coefficient (Wildman–Crippen LogP) is 2.52. The van der Waals surface area contributed by atoms with E-state index in [2.05, 4.69) is 5.32 Å². The number of alkyl halides is 3. The molecule has 20 heavy (non-hydrogen) atoms. The van der Waals surface area contributed by atoms with E-state index in [4.69, 9.17) is 0 Å². The van der Waals surface area contributed by atoms with E-state index in [9.17, 15) is 18.0 Å². The zero-order valence-corrected chi connectivity index (χ0v) is 11.0. The average molecular weight is 284 g/mol. The van der Waals surface area contributed by atoms with Crippen molar-refractivity contribution >= 4 is 5.91 Å². The Bertz CT molecular complexity index is 552. The molecule has 1 heterocycles. The van der Waals surface area contributed by atoms with Crippen LogP contribution in [0.4, 0.5) is 13.2 Å². The lowest BCUT2D eigenvalue weighted by Crippen LogP contribution is -2.39. The molecule has 1 amide bonds. The fourth-order valence-electron chi connectivity index (χ4n) is 2.77. The third-order valence-corrected chi connectivity index (χ3v) is 3.98. The minimum Gasteiger partial charge on any atom is -0.312 e. The van der Waals surface area contributed by atoms with E-state index >= 15 is 0 Å². The monoisotopic (exact) mass is 284 g/mol. The minimum atomic E-state index is -4.39. The maximum absolute atomic E-state index is 12.7. The van der Waals surface area contributed by atoms with E-state index < -0.39 is 30.3 Å². The Kier molecular flexibility index (Phi) is 2.83. The number of carbonyl (C=O) groups is 1. The van der Waals surface area contributed by atoms with Crippen LogP contribution in [0.15, 0.2) is 24.3 Å². The van der Waals surface area contributed by atoms with Crippen LogP contribution in [-0.4, -0.2) is 29.1 Å². The van der Waals surface area contributed by atoms with Gasteiger partial charge in [-0.25, -0.2) is 0 Å². The molecule has 0 bridgehead atoms. The van der Waals surface area contributed by atoms with Crippen LogP contribution in [0.5, 0.6) is 0 Å². The quantitative estimate of drug-likeness (QED) is 0.905. The molecule has 2 aliphatic rings. The zero-order valence-electron chi connectivity index (χ0n) is 11.0. The van der Waals surface area contributed by atoms with E-state index in [0.29, 0.717) is 12.8 Å². The number of carbonyl (C=O) groups excluding carboxylic acids is 1. The van der Waals surface area contributed by atoms with Gasteiger partial charge in [0.05, 0.1) is 0 Å².